The predicted molar refractivity (Wildman–Crippen MR) is 90.8 cm³/mol. The van der Waals surface area contributed by atoms with Gasteiger partial charge in [-0.3, -0.25) is 14.2 Å². The predicted octanol–water partition coefficient (Wildman–Crippen LogP) is 1.15. The number of carbonyl (C=O) groups is 1. The number of aromatic amines is 1. The summed E-state index contributed by atoms with van der Waals surface area (Å²) in [6.07, 6.45) is 4.28. The first-order valence-corrected chi connectivity index (χ1v) is 7.92. The van der Waals surface area contributed by atoms with Gasteiger partial charge in [0.25, 0.3) is 0 Å². The maximum Gasteiger partial charge on any atom is 0.249 e. The van der Waals surface area contributed by atoms with Gasteiger partial charge in [0, 0.05) is 37.2 Å². The van der Waals surface area contributed by atoms with E-state index in [-0.39, 0.29) is 23.2 Å². The van der Waals surface area contributed by atoms with Gasteiger partial charge in [0.15, 0.2) is 5.78 Å². The third kappa shape index (κ3) is 2.61. The Bertz CT molecular complexity index is 1040. The Morgan fingerprint density at radius 1 is 1.24 bits per heavy atom. The number of hydrogen-bond acceptors (Lipinski definition) is 6. The molecule has 1 atom stereocenters. The molecule has 0 spiro atoms. The summed E-state index contributed by atoms with van der Waals surface area (Å²) >= 11 is 0. The highest BCUT2D eigenvalue weighted by atomic mass is 16.1. The first-order chi connectivity index (χ1) is 12.0. The van der Waals surface area contributed by atoms with Gasteiger partial charge >= 0.3 is 0 Å². The van der Waals surface area contributed by atoms with Crippen molar-refractivity contribution in [1.82, 2.24) is 24.5 Å². The third-order valence-corrected chi connectivity index (χ3v) is 4.38. The van der Waals surface area contributed by atoms with Gasteiger partial charge in [-0.15, -0.1) is 0 Å². The normalized spacial score (nSPS) is 16.7. The average molecular weight is 336 g/mol. The van der Waals surface area contributed by atoms with Gasteiger partial charge in [0.1, 0.15) is 11.6 Å². The van der Waals surface area contributed by atoms with Crippen LogP contribution in [0.3, 0.4) is 0 Å². The molecule has 1 unspecified atom stereocenters. The number of nitrogens with two attached hydrogens (primary N) is 1. The molecule has 8 nitrogen and oxygen atoms in total. The summed E-state index contributed by atoms with van der Waals surface area (Å²) in [5, 5.41) is 0. The lowest BCUT2D eigenvalue weighted by Crippen LogP contribution is -2.25. The van der Waals surface area contributed by atoms with E-state index in [1.165, 1.54) is 6.07 Å². The highest BCUT2D eigenvalue weighted by Crippen LogP contribution is 2.33. The molecule has 1 aliphatic carbocycles. The van der Waals surface area contributed by atoms with E-state index >= 15 is 0 Å². The lowest BCUT2D eigenvalue weighted by molar-refractivity contribution is 0.0960. The topological polar surface area (TPSA) is 120 Å². The highest BCUT2D eigenvalue weighted by Gasteiger charge is 2.32. The smallest absolute Gasteiger partial charge is 0.249 e. The van der Waals surface area contributed by atoms with E-state index in [0.717, 1.165) is 0 Å². The number of carbonyl (C=O) groups excluding carboxylic acids is 1. The largest absolute Gasteiger partial charge is 0.368 e. The van der Waals surface area contributed by atoms with Crippen LogP contribution in [0.1, 0.15) is 39.9 Å². The van der Waals surface area contributed by atoms with Crippen LogP contribution >= 0.6 is 0 Å². The zero-order valence-corrected chi connectivity index (χ0v) is 13.6. The number of anilines is 1. The molecule has 3 heterocycles. The Morgan fingerprint density at radius 2 is 2.08 bits per heavy atom. The second-order valence-corrected chi connectivity index (χ2v) is 6.07. The van der Waals surface area contributed by atoms with E-state index in [4.69, 9.17) is 5.73 Å². The molecule has 8 heteroatoms. The van der Waals surface area contributed by atoms with Crippen LogP contribution in [-0.4, -0.2) is 30.3 Å². The molecule has 3 aromatic rings. The molecule has 0 aliphatic heterocycles. The SMILES string of the molecule is Cc1nc(N)nc2c1C(=O)CC(c1nccn1-c1cccc(=O)[nH]1)C2. The van der Waals surface area contributed by atoms with Crippen LogP contribution in [0.2, 0.25) is 0 Å². The van der Waals surface area contributed by atoms with Crippen molar-refractivity contribution in [3.63, 3.8) is 0 Å². The van der Waals surface area contributed by atoms with Crippen LogP contribution in [0.15, 0.2) is 35.4 Å². The van der Waals surface area contributed by atoms with Crippen molar-refractivity contribution in [3.8, 4) is 5.82 Å². The van der Waals surface area contributed by atoms with Gasteiger partial charge in [0.2, 0.25) is 11.5 Å². The summed E-state index contributed by atoms with van der Waals surface area (Å²) in [5.74, 6) is 1.32. The molecule has 1 aliphatic rings. The molecule has 3 N–H and O–H groups in total. The van der Waals surface area contributed by atoms with Crippen molar-refractivity contribution in [2.45, 2.75) is 25.7 Å². The fraction of sp³-hybridized carbons (Fsp3) is 0.235. The van der Waals surface area contributed by atoms with Gasteiger partial charge < -0.3 is 10.7 Å². The number of H-pyrrole nitrogens is 1. The van der Waals surface area contributed by atoms with Gasteiger partial charge in [-0.25, -0.2) is 15.0 Å². The maximum atomic E-state index is 12.6. The van der Waals surface area contributed by atoms with Crippen LogP contribution < -0.4 is 11.3 Å². The molecule has 0 saturated carbocycles. The quantitative estimate of drug-likeness (QED) is 0.724. The molecule has 3 aromatic heterocycles. The molecule has 0 amide bonds. The standard InChI is InChI=1S/C17H16N6O2/c1-9-15-11(21-17(18)20-9)7-10(8-12(15)24)16-19-5-6-23(16)13-3-2-4-14(25)22-13/h2-6,10H,7-8H2,1H3,(H,22,25)(H2,18,20,21). The summed E-state index contributed by atoms with van der Waals surface area (Å²) in [6, 6.07) is 4.91. The van der Waals surface area contributed by atoms with E-state index in [9.17, 15) is 9.59 Å². The molecule has 0 radical (unpaired) electrons. The van der Waals surface area contributed by atoms with Crippen LogP contribution in [0.25, 0.3) is 5.82 Å². The number of rotatable bonds is 2. The minimum absolute atomic E-state index is 0.0140. The first kappa shape index (κ1) is 15.3. The number of nitrogens with zero attached hydrogens (tertiary/aromatic N) is 4. The molecule has 4 rings (SSSR count). The van der Waals surface area contributed by atoms with Crippen LogP contribution in [0, 0.1) is 6.92 Å². The second kappa shape index (κ2) is 5.66. The van der Waals surface area contributed by atoms with E-state index in [1.807, 2.05) is 0 Å². The maximum absolute atomic E-state index is 12.6. The Hall–Kier alpha value is -3.29. The van der Waals surface area contributed by atoms with Gasteiger partial charge in [-0.2, -0.15) is 0 Å². The van der Waals surface area contributed by atoms with Crippen molar-refractivity contribution in [1.29, 1.82) is 0 Å². The minimum atomic E-state index is -0.196. The van der Waals surface area contributed by atoms with E-state index in [1.54, 1.807) is 36.0 Å². The number of aryl methyl sites for hydroxylation is 1. The lowest BCUT2D eigenvalue weighted by atomic mass is 9.84. The van der Waals surface area contributed by atoms with Crippen molar-refractivity contribution >= 4 is 11.7 Å². The third-order valence-electron chi connectivity index (χ3n) is 4.38. The minimum Gasteiger partial charge on any atom is -0.368 e. The lowest BCUT2D eigenvalue weighted by Gasteiger charge is -2.24. The molecular formula is C17H16N6O2. The summed E-state index contributed by atoms with van der Waals surface area (Å²) in [6.45, 7) is 1.77. The Morgan fingerprint density at radius 3 is 2.88 bits per heavy atom. The van der Waals surface area contributed by atoms with Crippen LogP contribution in [0.5, 0.6) is 0 Å². The number of nitrogen functional groups attached to an aromatic ring is 1. The van der Waals surface area contributed by atoms with Gasteiger partial charge in [0.05, 0.1) is 17.0 Å². The number of nitrogens with one attached hydrogen (secondary N) is 1. The Balaban J connectivity index is 1.77. The van der Waals surface area contributed by atoms with Crippen LogP contribution in [-0.2, 0) is 6.42 Å². The van der Waals surface area contributed by atoms with Gasteiger partial charge in [-0.05, 0) is 13.0 Å². The van der Waals surface area contributed by atoms with E-state index in [0.29, 0.717) is 41.4 Å². The molecule has 0 saturated heterocycles. The Kier molecular flexibility index (Phi) is 3.45. The summed E-state index contributed by atoms with van der Waals surface area (Å²) in [4.78, 5) is 39.7. The van der Waals surface area contributed by atoms with E-state index < -0.39 is 0 Å². The monoisotopic (exact) mass is 336 g/mol. The summed E-state index contributed by atoms with van der Waals surface area (Å²) in [5.41, 5.74) is 7.37. The molecule has 25 heavy (non-hydrogen) atoms. The highest BCUT2D eigenvalue weighted by molar-refractivity contribution is 5.99. The molecule has 126 valence electrons. The zero-order chi connectivity index (χ0) is 17.6. The summed E-state index contributed by atoms with van der Waals surface area (Å²) < 4.78 is 1.79. The number of imidazole rings is 1. The second-order valence-electron chi connectivity index (χ2n) is 6.07. The first-order valence-electron chi connectivity index (χ1n) is 7.92. The molecular weight excluding hydrogens is 320 g/mol. The number of ketones is 1. The van der Waals surface area contributed by atoms with E-state index in [2.05, 4.69) is 19.9 Å². The fourth-order valence-electron chi connectivity index (χ4n) is 3.38. The van der Waals surface area contributed by atoms with Crippen LogP contribution in [0.4, 0.5) is 5.95 Å². The number of pyridine rings is 1. The molecule has 0 aromatic carbocycles. The number of hydrogen-bond donors (Lipinski definition) is 2. The fourth-order valence-corrected chi connectivity index (χ4v) is 3.38. The number of aromatic nitrogens is 5. The number of fused-ring (bicyclic) bond motifs is 1. The number of Topliss-reactive ketones (excluding diaryl/α,β-unsaturated/α-hetero) is 1. The van der Waals surface area contributed by atoms with Gasteiger partial charge in [-0.1, -0.05) is 6.07 Å². The Labute approximate surface area is 142 Å². The zero-order valence-electron chi connectivity index (χ0n) is 13.6. The molecule has 0 fully saturated rings. The van der Waals surface area contributed by atoms with Crippen molar-refractivity contribution in [3.05, 3.63) is 63.7 Å². The van der Waals surface area contributed by atoms with Crippen molar-refractivity contribution in [2.24, 2.45) is 0 Å². The average Bonchev–Trinajstić information content (AvgIpc) is 3.03. The van der Waals surface area contributed by atoms with Crippen molar-refractivity contribution < 1.29 is 4.79 Å². The van der Waals surface area contributed by atoms with Crippen molar-refractivity contribution in [2.75, 3.05) is 5.73 Å². The summed E-state index contributed by atoms with van der Waals surface area (Å²) in [7, 11) is 0. The molecule has 0 bridgehead atoms.